The number of alkyl halides is 9. The van der Waals surface area contributed by atoms with Crippen LogP contribution < -0.4 is 14.8 Å². The second kappa shape index (κ2) is 13.6. The van der Waals surface area contributed by atoms with E-state index in [0.717, 1.165) is 30.3 Å². The number of nitrogens with one attached hydrogen (secondary N) is 1. The Kier molecular flexibility index (Phi) is 10.3. The van der Waals surface area contributed by atoms with Gasteiger partial charge in [0.2, 0.25) is 0 Å². The number of carboxylic acids is 1. The first-order chi connectivity index (χ1) is 20.4. The van der Waals surface area contributed by atoms with Gasteiger partial charge in [0, 0.05) is 18.1 Å². The van der Waals surface area contributed by atoms with Crippen LogP contribution in [0.1, 0.15) is 43.8 Å². The molecular weight excluding hydrogens is 619 g/mol. The third kappa shape index (κ3) is 10.1. The number of ether oxygens (including phenoxy) is 2. The topological polar surface area (TPSA) is 106 Å². The van der Waals surface area contributed by atoms with Crippen molar-refractivity contribution in [1.82, 2.24) is 0 Å². The van der Waals surface area contributed by atoms with Crippen LogP contribution in [0.3, 0.4) is 0 Å². The summed E-state index contributed by atoms with van der Waals surface area (Å²) in [4.78, 5) is 29.0. The molecule has 0 saturated heterocycles. The molecule has 3 rings (SSSR count). The summed E-state index contributed by atoms with van der Waals surface area (Å²) in [6, 6.07) is 8.34. The first-order valence-electron chi connectivity index (χ1n) is 12.0. The van der Waals surface area contributed by atoms with E-state index in [2.05, 4.69) is 15.2 Å². The number of benzene rings is 3. The second-order valence-corrected chi connectivity index (χ2v) is 8.65. The summed E-state index contributed by atoms with van der Waals surface area (Å²) in [5.41, 5.74) is -4.17. The van der Waals surface area contributed by atoms with Crippen LogP contribution in [-0.4, -0.2) is 42.8 Å². The van der Waals surface area contributed by atoms with Gasteiger partial charge in [0.05, 0.1) is 35.2 Å². The molecule has 0 saturated carbocycles. The summed E-state index contributed by atoms with van der Waals surface area (Å²) in [7, 11) is 0. The first kappa shape index (κ1) is 33.5. The molecule has 0 spiro atoms. The molecule has 44 heavy (non-hydrogen) atoms. The lowest BCUT2D eigenvalue weighted by Gasteiger charge is -2.13. The number of hydrogen-bond acceptors (Lipinski definition) is 6. The molecule has 0 bridgehead atoms. The highest BCUT2D eigenvalue weighted by atomic mass is 19.4. The number of amides is 1. The van der Waals surface area contributed by atoms with Crippen molar-refractivity contribution in [3.8, 4) is 11.5 Å². The zero-order valence-electron chi connectivity index (χ0n) is 21.8. The van der Waals surface area contributed by atoms with E-state index in [4.69, 9.17) is 9.57 Å². The predicted molar refractivity (Wildman–Crippen MR) is 135 cm³/mol. The zero-order valence-corrected chi connectivity index (χ0v) is 21.8. The third-order valence-corrected chi connectivity index (χ3v) is 5.35. The quantitative estimate of drug-likeness (QED) is 0.0982. The largest absolute Gasteiger partial charge is 0.573 e. The van der Waals surface area contributed by atoms with Crippen LogP contribution in [0.2, 0.25) is 0 Å². The van der Waals surface area contributed by atoms with Gasteiger partial charge in [-0.2, -0.15) is 26.3 Å². The maximum Gasteiger partial charge on any atom is 0.573 e. The Morgan fingerprint density at radius 1 is 0.795 bits per heavy atom. The minimum atomic E-state index is -5.02. The lowest BCUT2D eigenvalue weighted by Crippen LogP contribution is -2.17. The standard InChI is InChI=1S/C27H19F9N2O6/c28-25(29,30)17-10-15(11-18(12-17)26(31,32)33)14-37-43-9-1-8-42-20-6-7-21(24(40)41)22(13-20)38-23(39)16-2-4-19(5-3-16)44-27(34,35)36/h2-7,10-14H,1,8-9H2,(H,38,39)(H,40,41)/b37-14-. The van der Waals surface area contributed by atoms with Crippen LogP contribution in [0, 0.1) is 0 Å². The minimum Gasteiger partial charge on any atom is -0.493 e. The van der Waals surface area contributed by atoms with Gasteiger partial charge >= 0.3 is 24.7 Å². The number of carbonyl (C=O) groups is 2. The highest BCUT2D eigenvalue weighted by Gasteiger charge is 2.36. The number of aromatic carboxylic acids is 1. The van der Waals surface area contributed by atoms with E-state index < -0.39 is 53.0 Å². The van der Waals surface area contributed by atoms with Crippen molar-refractivity contribution in [3.05, 3.63) is 88.5 Å². The molecule has 0 atom stereocenters. The van der Waals surface area contributed by atoms with Gasteiger partial charge in [0.25, 0.3) is 5.91 Å². The highest BCUT2D eigenvalue weighted by molar-refractivity contribution is 6.08. The molecule has 3 aromatic carbocycles. The Bertz CT molecular complexity index is 1470. The second-order valence-electron chi connectivity index (χ2n) is 8.65. The molecule has 0 aliphatic carbocycles. The van der Waals surface area contributed by atoms with Crippen molar-refractivity contribution in [2.45, 2.75) is 25.1 Å². The van der Waals surface area contributed by atoms with Gasteiger partial charge in [-0.25, -0.2) is 4.79 Å². The average Bonchev–Trinajstić information content (AvgIpc) is 2.91. The zero-order chi connectivity index (χ0) is 32.7. The Morgan fingerprint density at radius 2 is 1.39 bits per heavy atom. The summed E-state index contributed by atoms with van der Waals surface area (Å²) < 4.78 is 124. The fourth-order valence-corrected chi connectivity index (χ4v) is 3.42. The maximum absolute atomic E-state index is 12.9. The van der Waals surface area contributed by atoms with Crippen LogP contribution in [0.4, 0.5) is 45.2 Å². The maximum atomic E-state index is 12.9. The van der Waals surface area contributed by atoms with E-state index in [1.54, 1.807) is 0 Å². The van der Waals surface area contributed by atoms with Crippen LogP contribution in [0.15, 0.2) is 65.8 Å². The number of halogens is 9. The number of rotatable bonds is 11. The van der Waals surface area contributed by atoms with Crippen molar-refractivity contribution in [3.63, 3.8) is 0 Å². The fourth-order valence-electron chi connectivity index (χ4n) is 3.42. The van der Waals surface area contributed by atoms with E-state index in [-0.39, 0.29) is 48.3 Å². The molecule has 17 heteroatoms. The van der Waals surface area contributed by atoms with Crippen molar-refractivity contribution in [2.24, 2.45) is 5.16 Å². The van der Waals surface area contributed by atoms with Crippen molar-refractivity contribution in [1.29, 1.82) is 0 Å². The van der Waals surface area contributed by atoms with E-state index in [9.17, 15) is 54.2 Å². The molecule has 0 aliphatic heterocycles. The molecule has 0 unspecified atom stereocenters. The Hall–Kier alpha value is -4.96. The summed E-state index contributed by atoms with van der Waals surface area (Å²) >= 11 is 0. The van der Waals surface area contributed by atoms with Crippen LogP contribution in [-0.2, 0) is 17.2 Å². The number of nitrogens with zero attached hydrogens (tertiary/aromatic N) is 1. The van der Waals surface area contributed by atoms with Crippen LogP contribution >= 0.6 is 0 Å². The SMILES string of the molecule is O=C(Nc1cc(OCCCO/N=C\c2cc(C(F)(F)F)cc(C(F)(F)F)c2)ccc1C(=O)O)c1ccc(OC(F)(F)F)cc1. The van der Waals surface area contributed by atoms with Gasteiger partial charge in [-0.15, -0.1) is 13.2 Å². The Morgan fingerprint density at radius 3 is 1.93 bits per heavy atom. The van der Waals surface area contributed by atoms with E-state index in [1.807, 2.05) is 0 Å². The van der Waals surface area contributed by atoms with Crippen LogP contribution in [0.5, 0.6) is 11.5 Å². The monoisotopic (exact) mass is 638 g/mol. The average molecular weight is 638 g/mol. The van der Waals surface area contributed by atoms with Crippen LogP contribution in [0.25, 0.3) is 0 Å². The molecule has 0 radical (unpaired) electrons. The summed E-state index contributed by atoms with van der Waals surface area (Å²) in [5, 5.41) is 15.1. The van der Waals surface area contributed by atoms with Crippen molar-refractivity contribution >= 4 is 23.8 Å². The molecule has 0 aliphatic rings. The molecule has 0 heterocycles. The van der Waals surface area contributed by atoms with Gasteiger partial charge in [0.1, 0.15) is 18.1 Å². The predicted octanol–water partition coefficient (Wildman–Crippen LogP) is 7.39. The molecule has 0 aromatic heterocycles. The third-order valence-electron chi connectivity index (χ3n) is 5.35. The summed E-state index contributed by atoms with van der Waals surface area (Å²) in [6.07, 6.45) is -14.2. The molecule has 236 valence electrons. The molecule has 0 fully saturated rings. The lowest BCUT2D eigenvalue weighted by atomic mass is 10.1. The highest BCUT2D eigenvalue weighted by Crippen LogP contribution is 2.36. The summed E-state index contributed by atoms with van der Waals surface area (Å²) in [6.45, 7) is -0.246. The number of oxime groups is 1. The summed E-state index contributed by atoms with van der Waals surface area (Å²) in [5.74, 6) is -2.74. The minimum absolute atomic E-state index is 0.0241. The number of anilines is 1. The molecule has 2 N–H and O–H groups in total. The number of hydrogen-bond donors (Lipinski definition) is 2. The normalized spacial score (nSPS) is 12.2. The van der Waals surface area contributed by atoms with E-state index >= 15 is 0 Å². The molecular formula is C27H19F9N2O6. The number of carbonyl (C=O) groups excluding carboxylic acids is 1. The van der Waals surface area contributed by atoms with Crippen molar-refractivity contribution < 1.29 is 68.5 Å². The van der Waals surface area contributed by atoms with Gasteiger partial charge in [0.15, 0.2) is 0 Å². The Balaban J connectivity index is 1.57. The molecule has 3 aromatic rings. The van der Waals surface area contributed by atoms with Gasteiger partial charge in [-0.3, -0.25) is 4.79 Å². The molecule has 1 amide bonds. The van der Waals surface area contributed by atoms with Gasteiger partial charge < -0.3 is 24.7 Å². The number of carboxylic acid groups (broad SMARTS) is 1. The van der Waals surface area contributed by atoms with Gasteiger partial charge in [-0.05, 0) is 60.2 Å². The van der Waals surface area contributed by atoms with E-state index in [1.165, 1.54) is 12.1 Å². The smallest absolute Gasteiger partial charge is 0.493 e. The first-order valence-corrected chi connectivity index (χ1v) is 12.0. The lowest BCUT2D eigenvalue weighted by molar-refractivity contribution is -0.274. The fraction of sp³-hybridized carbons (Fsp3) is 0.222. The van der Waals surface area contributed by atoms with Crippen molar-refractivity contribution in [2.75, 3.05) is 18.5 Å². The Labute approximate surface area is 241 Å². The van der Waals surface area contributed by atoms with Gasteiger partial charge in [-0.1, -0.05) is 5.16 Å². The molecule has 8 nitrogen and oxygen atoms in total. The van der Waals surface area contributed by atoms with E-state index in [0.29, 0.717) is 18.3 Å².